The Bertz CT molecular complexity index is 420. The predicted octanol–water partition coefficient (Wildman–Crippen LogP) is 0.454. The first-order valence-corrected chi connectivity index (χ1v) is 9.40. The van der Waals surface area contributed by atoms with E-state index in [0.717, 1.165) is 0 Å². The predicted molar refractivity (Wildman–Crippen MR) is 102 cm³/mol. The standard InChI is InChI=1S/C13H25N5O4.2C2H6/c1-4-9(16-11(19)8(2)15-3)12(20)18-7-5-6-10(17-18)13(21)22-14;2*1-2/h8-10,15,17H,4-7,14H2,1-3H3,(H,16,19);2*1-2H3. The van der Waals surface area contributed by atoms with Gasteiger partial charge in [-0.3, -0.25) is 14.6 Å². The van der Waals surface area contributed by atoms with Gasteiger partial charge in [0.15, 0.2) is 0 Å². The van der Waals surface area contributed by atoms with Crippen LogP contribution >= 0.6 is 0 Å². The van der Waals surface area contributed by atoms with E-state index in [9.17, 15) is 14.4 Å². The van der Waals surface area contributed by atoms with Crippen LogP contribution < -0.4 is 22.0 Å². The van der Waals surface area contributed by atoms with Crippen molar-refractivity contribution in [3.63, 3.8) is 0 Å². The minimum absolute atomic E-state index is 0.252. The largest absolute Gasteiger partial charge is 0.372 e. The highest BCUT2D eigenvalue weighted by Gasteiger charge is 2.32. The molecule has 1 heterocycles. The minimum Gasteiger partial charge on any atom is -0.372 e. The number of carbonyl (C=O) groups is 3. The van der Waals surface area contributed by atoms with Gasteiger partial charge in [0.1, 0.15) is 12.1 Å². The molecule has 3 atom stereocenters. The molecular weight excluding hydrogens is 338 g/mol. The number of nitrogens with one attached hydrogen (secondary N) is 3. The zero-order chi connectivity index (χ0) is 20.7. The number of rotatable bonds is 6. The van der Waals surface area contributed by atoms with Gasteiger partial charge in [0.05, 0.1) is 6.04 Å². The molecule has 1 rings (SSSR count). The van der Waals surface area contributed by atoms with Crippen LogP contribution in [0.1, 0.15) is 60.8 Å². The third-order valence-corrected chi connectivity index (χ3v) is 3.70. The van der Waals surface area contributed by atoms with Crippen molar-refractivity contribution in [1.82, 2.24) is 21.1 Å². The quantitative estimate of drug-likeness (QED) is 0.497. The number of nitrogens with two attached hydrogens (primary N) is 1. The Morgan fingerprint density at radius 3 is 2.31 bits per heavy atom. The molecule has 1 fully saturated rings. The number of hydrazine groups is 1. The van der Waals surface area contributed by atoms with Gasteiger partial charge < -0.3 is 15.5 Å². The summed E-state index contributed by atoms with van der Waals surface area (Å²) >= 11 is 0. The van der Waals surface area contributed by atoms with Gasteiger partial charge in [-0.2, -0.15) is 5.90 Å². The van der Waals surface area contributed by atoms with Crippen LogP contribution in [-0.2, 0) is 19.2 Å². The lowest BCUT2D eigenvalue weighted by atomic mass is 10.1. The van der Waals surface area contributed by atoms with Gasteiger partial charge in [-0.1, -0.05) is 34.6 Å². The molecule has 154 valence electrons. The molecular formula is C17H37N5O4. The van der Waals surface area contributed by atoms with Crippen molar-refractivity contribution in [2.24, 2.45) is 5.90 Å². The van der Waals surface area contributed by atoms with Gasteiger partial charge >= 0.3 is 5.97 Å². The molecule has 0 aromatic rings. The van der Waals surface area contributed by atoms with Crippen molar-refractivity contribution in [1.29, 1.82) is 0 Å². The van der Waals surface area contributed by atoms with E-state index in [1.165, 1.54) is 5.01 Å². The molecule has 26 heavy (non-hydrogen) atoms. The summed E-state index contributed by atoms with van der Waals surface area (Å²) in [7, 11) is 1.67. The van der Waals surface area contributed by atoms with E-state index in [-0.39, 0.29) is 11.8 Å². The van der Waals surface area contributed by atoms with Gasteiger partial charge in [-0.25, -0.2) is 10.2 Å². The lowest BCUT2D eigenvalue weighted by molar-refractivity contribution is -0.153. The molecule has 0 aromatic carbocycles. The molecule has 1 aliphatic rings. The molecule has 1 saturated heterocycles. The maximum absolute atomic E-state index is 12.5. The first kappa shape index (κ1) is 26.5. The van der Waals surface area contributed by atoms with Crippen molar-refractivity contribution >= 4 is 17.8 Å². The van der Waals surface area contributed by atoms with E-state index in [2.05, 4.69) is 20.9 Å². The maximum atomic E-state index is 12.5. The van der Waals surface area contributed by atoms with Crippen molar-refractivity contribution < 1.29 is 19.2 Å². The summed E-state index contributed by atoms with van der Waals surface area (Å²) in [6.07, 6.45) is 1.64. The van der Waals surface area contributed by atoms with Crippen LogP contribution in [0.25, 0.3) is 0 Å². The normalized spacial score (nSPS) is 18.2. The number of amides is 2. The molecule has 5 N–H and O–H groups in total. The van der Waals surface area contributed by atoms with E-state index < -0.39 is 24.1 Å². The summed E-state index contributed by atoms with van der Waals surface area (Å²) in [5.41, 5.74) is 2.80. The Hall–Kier alpha value is -1.71. The molecule has 0 aromatic heterocycles. The fraction of sp³-hybridized carbons (Fsp3) is 0.824. The first-order chi connectivity index (χ1) is 12.4. The number of hydrogen-bond acceptors (Lipinski definition) is 7. The molecule has 3 unspecified atom stereocenters. The number of nitrogens with zero attached hydrogens (tertiary/aromatic N) is 1. The van der Waals surface area contributed by atoms with Crippen LogP contribution in [0.3, 0.4) is 0 Å². The third kappa shape index (κ3) is 8.59. The van der Waals surface area contributed by atoms with Crippen molar-refractivity contribution in [2.45, 2.75) is 78.9 Å². The maximum Gasteiger partial charge on any atom is 0.343 e. The fourth-order valence-electron chi connectivity index (χ4n) is 2.15. The highest BCUT2D eigenvalue weighted by molar-refractivity contribution is 5.89. The molecule has 9 nitrogen and oxygen atoms in total. The first-order valence-electron chi connectivity index (χ1n) is 9.40. The molecule has 2 amide bonds. The zero-order valence-electron chi connectivity index (χ0n) is 17.2. The second kappa shape index (κ2) is 15.5. The van der Waals surface area contributed by atoms with Crippen LogP contribution in [-0.4, -0.2) is 54.5 Å². The van der Waals surface area contributed by atoms with E-state index in [0.29, 0.717) is 25.8 Å². The zero-order valence-corrected chi connectivity index (χ0v) is 17.2. The molecule has 0 radical (unpaired) electrons. The van der Waals surface area contributed by atoms with Crippen LogP contribution in [0, 0.1) is 0 Å². The summed E-state index contributed by atoms with van der Waals surface area (Å²) in [6, 6.07) is -1.69. The Balaban J connectivity index is 0. The highest BCUT2D eigenvalue weighted by Crippen LogP contribution is 2.10. The summed E-state index contributed by atoms with van der Waals surface area (Å²) in [4.78, 5) is 40.0. The molecule has 0 spiro atoms. The smallest absolute Gasteiger partial charge is 0.343 e. The lowest BCUT2D eigenvalue weighted by Crippen LogP contribution is -2.60. The summed E-state index contributed by atoms with van der Waals surface area (Å²) in [5, 5.41) is 6.86. The Morgan fingerprint density at radius 2 is 1.85 bits per heavy atom. The van der Waals surface area contributed by atoms with Crippen molar-refractivity contribution in [3.05, 3.63) is 0 Å². The third-order valence-electron chi connectivity index (χ3n) is 3.70. The Morgan fingerprint density at radius 1 is 1.27 bits per heavy atom. The van der Waals surface area contributed by atoms with Crippen molar-refractivity contribution in [2.75, 3.05) is 13.6 Å². The second-order valence-corrected chi connectivity index (χ2v) is 5.23. The summed E-state index contributed by atoms with van der Waals surface area (Å²) < 4.78 is 0. The van der Waals surface area contributed by atoms with E-state index >= 15 is 0 Å². The van der Waals surface area contributed by atoms with Gasteiger partial charge in [0.25, 0.3) is 5.91 Å². The number of carbonyl (C=O) groups excluding carboxylic acids is 3. The van der Waals surface area contributed by atoms with Gasteiger partial charge in [0, 0.05) is 6.54 Å². The van der Waals surface area contributed by atoms with Crippen LogP contribution in [0.15, 0.2) is 0 Å². The van der Waals surface area contributed by atoms with Crippen LogP contribution in [0.4, 0.5) is 0 Å². The summed E-state index contributed by atoms with van der Waals surface area (Å²) in [5.74, 6) is 3.72. The topological polar surface area (TPSA) is 126 Å². The average molecular weight is 376 g/mol. The molecule has 1 aliphatic heterocycles. The number of likely N-dealkylation sites (N-methyl/N-ethyl adjacent to an activating group) is 1. The van der Waals surface area contributed by atoms with Crippen LogP contribution in [0.2, 0.25) is 0 Å². The Labute approximate surface area is 157 Å². The van der Waals surface area contributed by atoms with E-state index in [1.807, 2.05) is 34.6 Å². The van der Waals surface area contributed by atoms with Crippen LogP contribution in [0.5, 0.6) is 0 Å². The molecule has 0 saturated carbocycles. The monoisotopic (exact) mass is 375 g/mol. The Kier molecular flexibility index (Phi) is 15.8. The average Bonchev–Trinajstić information content (AvgIpc) is 2.72. The SMILES string of the molecule is CC.CC.CCC(NC(=O)C(C)NC)C(=O)N1CCCC(C(=O)ON)N1. The van der Waals surface area contributed by atoms with Gasteiger partial charge in [-0.15, -0.1) is 0 Å². The van der Waals surface area contributed by atoms with Gasteiger partial charge in [-0.05, 0) is 33.2 Å². The summed E-state index contributed by atoms with van der Waals surface area (Å²) in [6.45, 7) is 12.0. The molecule has 0 bridgehead atoms. The van der Waals surface area contributed by atoms with E-state index in [1.54, 1.807) is 14.0 Å². The molecule has 9 heteroatoms. The second-order valence-electron chi connectivity index (χ2n) is 5.23. The highest BCUT2D eigenvalue weighted by atomic mass is 16.7. The van der Waals surface area contributed by atoms with Crippen molar-refractivity contribution in [3.8, 4) is 0 Å². The fourth-order valence-corrected chi connectivity index (χ4v) is 2.15. The van der Waals surface area contributed by atoms with Gasteiger partial charge in [0.2, 0.25) is 5.91 Å². The lowest BCUT2D eigenvalue weighted by Gasteiger charge is -2.34. The minimum atomic E-state index is -0.650. The molecule has 0 aliphatic carbocycles. The van der Waals surface area contributed by atoms with E-state index in [4.69, 9.17) is 5.90 Å². The number of hydrogen-bond donors (Lipinski definition) is 4.